The average Bonchev–Trinajstić information content (AvgIpc) is 3.42. The van der Waals surface area contributed by atoms with Gasteiger partial charge in [0.2, 0.25) is 5.78 Å². The van der Waals surface area contributed by atoms with E-state index in [2.05, 4.69) is 4.98 Å². The number of aryl methyl sites for hydroxylation is 1. The topological polar surface area (TPSA) is 77.6 Å². The molecule has 2 heterocycles. The fourth-order valence-corrected chi connectivity index (χ4v) is 4.91. The molecule has 1 N–H and O–H groups in total. The van der Waals surface area contributed by atoms with Crippen LogP contribution in [0.2, 0.25) is 0 Å². The molecule has 2 aliphatic rings. The molecule has 6 nitrogen and oxygen atoms in total. The highest BCUT2D eigenvalue weighted by Crippen LogP contribution is 2.45. The first-order chi connectivity index (χ1) is 15.1. The Morgan fingerprint density at radius 3 is 2.58 bits per heavy atom. The number of aromatic amines is 1. The van der Waals surface area contributed by atoms with Crippen molar-refractivity contribution in [2.24, 2.45) is 0 Å². The summed E-state index contributed by atoms with van der Waals surface area (Å²) < 4.78 is 17.0. The quantitative estimate of drug-likeness (QED) is 0.487. The SMILES string of the molecule is Cc1[nH]c2ccccc2c1C(=O)COC(=O)C1(c2ccc3c(c2)OCCO3)CCCC1. The summed E-state index contributed by atoms with van der Waals surface area (Å²) >= 11 is 0. The van der Waals surface area contributed by atoms with E-state index in [0.29, 0.717) is 43.1 Å². The largest absolute Gasteiger partial charge is 0.486 e. The molecule has 0 amide bonds. The number of ketones is 1. The van der Waals surface area contributed by atoms with Gasteiger partial charge in [-0.3, -0.25) is 9.59 Å². The number of nitrogens with one attached hydrogen (secondary N) is 1. The molecule has 2 aromatic carbocycles. The molecular weight excluding hydrogens is 394 g/mol. The third-order valence-electron chi connectivity index (χ3n) is 6.45. The highest BCUT2D eigenvalue weighted by atomic mass is 16.6. The van der Waals surface area contributed by atoms with Gasteiger partial charge in [-0.05, 0) is 43.5 Å². The molecule has 0 spiro atoms. The van der Waals surface area contributed by atoms with Gasteiger partial charge in [0.05, 0.1) is 5.41 Å². The average molecular weight is 419 g/mol. The lowest BCUT2D eigenvalue weighted by Gasteiger charge is -2.28. The van der Waals surface area contributed by atoms with E-state index in [4.69, 9.17) is 14.2 Å². The number of hydrogen-bond donors (Lipinski definition) is 1. The lowest BCUT2D eigenvalue weighted by Crippen LogP contribution is -2.36. The number of H-pyrrole nitrogens is 1. The Balaban J connectivity index is 1.38. The third-order valence-corrected chi connectivity index (χ3v) is 6.45. The molecule has 0 unspecified atom stereocenters. The van der Waals surface area contributed by atoms with Gasteiger partial charge in [0.1, 0.15) is 13.2 Å². The standard InChI is InChI=1S/C25H25NO5/c1-16-23(18-6-2-3-7-19(18)26-16)20(27)15-31-24(28)25(10-4-5-11-25)17-8-9-21-22(14-17)30-13-12-29-21/h2-3,6-9,14,26H,4-5,10-13,15H2,1H3. The zero-order valence-corrected chi connectivity index (χ0v) is 17.5. The molecule has 1 aliphatic carbocycles. The first-order valence-corrected chi connectivity index (χ1v) is 10.8. The number of esters is 1. The number of ether oxygens (including phenoxy) is 3. The second-order valence-electron chi connectivity index (χ2n) is 8.32. The van der Waals surface area contributed by atoms with E-state index < -0.39 is 5.41 Å². The predicted octanol–water partition coefficient (Wildman–Crippen LogP) is 4.49. The molecule has 1 saturated carbocycles. The van der Waals surface area contributed by atoms with Crippen molar-refractivity contribution in [3.8, 4) is 11.5 Å². The van der Waals surface area contributed by atoms with E-state index in [0.717, 1.165) is 35.0 Å². The van der Waals surface area contributed by atoms with E-state index in [-0.39, 0.29) is 18.4 Å². The number of fused-ring (bicyclic) bond motifs is 2. The monoisotopic (exact) mass is 419 g/mol. The van der Waals surface area contributed by atoms with Crippen molar-refractivity contribution >= 4 is 22.7 Å². The molecule has 1 aromatic heterocycles. The van der Waals surface area contributed by atoms with Gasteiger partial charge in [-0.2, -0.15) is 0 Å². The summed E-state index contributed by atoms with van der Waals surface area (Å²) in [6.07, 6.45) is 3.29. The summed E-state index contributed by atoms with van der Waals surface area (Å²) in [5.74, 6) is 0.820. The zero-order chi connectivity index (χ0) is 21.4. The first kappa shape index (κ1) is 19.7. The van der Waals surface area contributed by atoms with Crippen LogP contribution in [-0.2, 0) is 14.9 Å². The molecule has 160 valence electrons. The Kier molecular flexibility index (Phi) is 4.93. The van der Waals surface area contributed by atoms with E-state index in [9.17, 15) is 9.59 Å². The second-order valence-corrected chi connectivity index (χ2v) is 8.32. The molecular formula is C25H25NO5. The van der Waals surface area contributed by atoms with Crippen LogP contribution < -0.4 is 9.47 Å². The van der Waals surface area contributed by atoms with Crippen molar-refractivity contribution in [3.05, 3.63) is 59.3 Å². The Hall–Kier alpha value is -3.28. The summed E-state index contributed by atoms with van der Waals surface area (Å²) in [5.41, 5.74) is 2.40. The number of carbonyl (C=O) groups is 2. The normalized spacial score (nSPS) is 16.9. The van der Waals surface area contributed by atoms with Crippen LogP contribution in [0, 0.1) is 6.92 Å². The van der Waals surface area contributed by atoms with Crippen LogP contribution in [-0.4, -0.2) is 36.6 Å². The Morgan fingerprint density at radius 1 is 1.03 bits per heavy atom. The lowest BCUT2D eigenvalue weighted by molar-refractivity contribution is -0.149. The maximum absolute atomic E-state index is 13.3. The van der Waals surface area contributed by atoms with Crippen LogP contribution in [0.4, 0.5) is 0 Å². The highest BCUT2D eigenvalue weighted by Gasteiger charge is 2.45. The molecule has 6 heteroatoms. The van der Waals surface area contributed by atoms with Gasteiger partial charge in [-0.25, -0.2) is 0 Å². The highest BCUT2D eigenvalue weighted by molar-refractivity contribution is 6.10. The molecule has 31 heavy (non-hydrogen) atoms. The van der Waals surface area contributed by atoms with Gasteiger partial charge in [0.25, 0.3) is 0 Å². The predicted molar refractivity (Wildman–Crippen MR) is 116 cm³/mol. The fourth-order valence-electron chi connectivity index (χ4n) is 4.91. The van der Waals surface area contributed by atoms with Crippen molar-refractivity contribution < 1.29 is 23.8 Å². The summed E-state index contributed by atoms with van der Waals surface area (Å²) in [7, 11) is 0. The third kappa shape index (κ3) is 3.36. The molecule has 1 fully saturated rings. The van der Waals surface area contributed by atoms with Crippen LogP contribution in [0.25, 0.3) is 10.9 Å². The number of para-hydroxylation sites is 1. The molecule has 0 radical (unpaired) electrons. The summed E-state index contributed by atoms with van der Waals surface area (Å²) in [6, 6.07) is 13.3. The number of hydrogen-bond acceptors (Lipinski definition) is 5. The van der Waals surface area contributed by atoms with Gasteiger partial charge in [-0.1, -0.05) is 37.1 Å². The molecule has 3 aromatic rings. The van der Waals surface area contributed by atoms with Crippen molar-refractivity contribution in [1.82, 2.24) is 4.98 Å². The lowest BCUT2D eigenvalue weighted by atomic mass is 9.78. The van der Waals surface area contributed by atoms with E-state index >= 15 is 0 Å². The Labute approximate surface area is 180 Å². The van der Waals surface area contributed by atoms with Crippen molar-refractivity contribution in [3.63, 3.8) is 0 Å². The van der Waals surface area contributed by atoms with Crippen LogP contribution >= 0.6 is 0 Å². The number of rotatable bonds is 5. The Bertz CT molecular complexity index is 1160. The van der Waals surface area contributed by atoms with Gasteiger partial charge in [-0.15, -0.1) is 0 Å². The number of benzene rings is 2. The van der Waals surface area contributed by atoms with Crippen LogP contribution in [0.15, 0.2) is 42.5 Å². The molecule has 1 aliphatic heterocycles. The fraction of sp³-hybridized carbons (Fsp3) is 0.360. The van der Waals surface area contributed by atoms with E-state index in [1.54, 1.807) is 0 Å². The second kappa shape index (κ2) is 7.76. The smallest absolute Gasteiger partial charge is 0.317 e. The minimum absolute atomic E-state index is 0.196. The maximum atomic E-state index is 13.3. The van der Waals surface area contributed by atoms with Gasteiger partial charge in [0.15, 0.2) is 18.1 Å². The van der Waals surface area contributed by atoms with Crippen LogP contribution in [0.5, 0.6) is 11.5 Å². The number of Topliss-reactive ketones (excluding diaryl/α,β-unsaturated/α-hetero) is 1. The van der Waals surface area contributed by atoms with Crippen molar-refractivity contribution in [2.75, 3.05) is 19.8 Å². The summed E-state index contributed by atoms with van der Waals surface area (Å²) in [4.78, 5) is 29.5. The van der Waals surface area contributed by atoms with Crippen LogP contribution in [0.3, 0.4) is 0 Å². The number of carbonyl (C=O) groups excluding carboxylic acids is 2. The molecule has 0 atom stereocenters. The zero-order valence-electron chi connectivity index (χ0n) is 17.5. The van der Waals surface area contributed by atoms with Crippen molar-refractivity contribution in [1.29, 1.82) is 0 Å². The summed E-state index contributed by atoms with van der Waals surface area (Å²) in [5, 5.41) is 0.850. The Morgan fingerprint density at radius 2 is 1.77 bits per heavy atom. The first-order valence-electron chi connectivity index (χ1n) is 10.8. The van der Waals surface area contributed by atoms with Gasteiger partial charge < -0.3 is 19.2 Å². The minimum atomic E-state index is -0.745. The van der Waals surface area contributed by atoms with E-state index in [1.807, 2.05) is 49.4 Å². The minimum Gasteiger partial charge on any atom is -0.486 e. The van der Waals surface area contributed by atoms with Gasteiger partial charge in [0, 0.05) is 22.2 Å². The molecule has 0 bridgehead atoms. The maximum Gasteiger partial charge on any atom is 0.317 e. The van der Waals surface area contributed by atoms with E-state index in [1.165, 1.54) is 0 Å². The van der Waals surface area contributed by atoms with Gasteiger partial charge >= 0.3 is 5.97 Å². The molecule has 5 rings (SSSR count). The van der Waals surface area contributed by atoms with Crippen molar-refractivity contribution in [2.45, 2.75) is 38.0 Å². The molecule has 0 saturated heterocycles. The van der Waals surface area contributed by atoms with Crippen LogP contribution in [0.1, 0.15) is 47.3 Å². The summed E-state index contributed by atoms with van der Waals surface area (Å²) in [6.45, 7) is 2.61. The number of aromatic nitrogens is 1.